The fourth-order valence-electron chi connectivity index (χ4n) is 1.75. The number of halogens is 3. The predicted octanol–water partition coefficient (Wildman–Crippen LogP) is 4.03. The molecule has 7 heteroatoms. The first-order valence-corrected chi connectivity index (χ1v) is 7.32. The molecule has 0 amide bonds. The van der Waals surface area contributed by atoms with Crippen LogP contribution in [-0.2, 0) is 12.7 Å². The van der Waals surface area contributed by atoms with Crippen LogP contribution in [0.15, 0.2) is 18.3 Å². The lowest BCUT2D eigenvalue weighted by Gasteiger charge is -2.09. The maximum absolute atomic E-state index is 13.1. The molecule has 0 unspecified atom stereocenters. The predicted molar refractivity (Wildman–Crippen MR) is 77.1 cm³/mol. The van der Waals surface area contributed by atoms with Crippen LogP contribution in [0.1, 0.15) is 30.0 Å². The van der Waals surface area contributed by atoms with E-state index in [0.717, 1.165) is 16.9 Å². The lowest BCUT2D eigenvalue weighted by atomic mass is 10.2. The van der Waals surface area contributed by atoms with Gasteiger partial charge in [-0.15, -0.1) is 11.3 Å². The first-order chi connectivity index (χ1) is 9.77. The Kier molecular flexibility index (Phi) is 4.63. The summed E-state index contributed by atoms with van der Waals surface area (Å²) in [5.74, 6) is 0. The van der Waals surface area contributed by atoms with Crippen molar-refractivity contribution in [2.24, 2.45) is 0 Å². The Morgan fingerprint density at radius 1 is 1.33 bits per heavy atom. The molecule has 2 rings (SSSR count). The molecule has 0 atom stereocenters. The van der Waals surface area contributed by atoms with E-state index in [-0.39, 0.29) is 17.5 Å². The van der Waals surface area contributed by atoms with Crippen LogP contribution in [0.2, 0.25) is 0 Å². The highest BCUT2D eigenvalue weighted by Gasteiger charge is 2.37. The number of pyridine rings is 1. The zero-order valence-electron chi connectivity index (χ0n) is 12.0. The molecule has 1 N–H and O–H groups in total. The third-order valence-electron chi connectivity index (χ3n) is 2.77. The average Bonchev–Trinajstić information content (AvgIpc) is 2.80. The Hall–Kier alpha value is -1.47. The number of thiazole rings is 1. The number of nitrogens with one attached hydrogen (secondary N) is 1. The number of rotatable bonds is 4. The highest BCUT2D eigenvalue weighted by molar-refractivity contribution is 7.15. The van der Waals surface area contributed by atoms with E-state index in [9.17, 15) is 13.2 Å². The Labute approximate surface area is 125 Å². The molecule has 0 aromatic carbocycles. The van der Waals surface area contributed by atoms with E-state index >= 15 is 0 Å². The van der Waals surface area contributed by atoms with Crippen molar-refractivity contribution in [3.63, 3.8) is 0 Å². The number of aromatic nitrogens is 2. The van der Waals surface area contributed by atoms with E-state index in [2.05, 4.69) is 15.3 Å². The molecule has 0 aliphatic carbocycles. The monoisotopic (exact) mass is 315 g/mol. The summed E-state index contributed by atoms with van der Waals surface area (Å²) in [6.07, 6.45) is -2.88. The van der Waals surface area contributed by atoms with E-state index < -0.39 is 11.9 Å². The molecule has 3 nitrogen and oxygen atoms in total. The van der Waals surface area contributed by atoms with Gasteiger partial charge < -0.3 is 5.32 Å². The number of hydrogen-bond acceptors (Lipinski definition) is 4. The van der Waals surface area contributed by atoms with Crippen LogP contribution in [0.4, 0.5) is 13.2 Å². The van der Waals surface area contributed by atoms with Gasteiger partial charge in [-0.05, 0) is 24.6 Å². The Morgan fingerprint density at radius 3 is 2.62 bits per heavy atom. The van der Waals surface area contributed by atoms with Crippen LogP contribution < -0.4 is 5.32 Å². The first kappa shape index (κ1) is 15.9. The van der Waals surface area contributed by atoms with Gasteiger partial charge >= 0.3 is 6.18 Å². The molecule has 0 radical (unpaired) electrons. The van der Waals surface area contributed by atoms with Crippen LogP contribution in [0, 0.1) is 6.92 Å². The summed E-state index contributed by atoms with van der Waals surface area (Å²) in [6, 6.07) is 3.63. The van der Waals surface area contributed by atoms with Crippen molar-refractivity contribution in [3.8, 4) is 10.7 Å². The fourth-order valence-corrected chi connectivity index (χ4v) is 2.75. The van der Waals surface area contributed by atoms with Gasteiger partial charge in [0.25, 0.3) is 0 Å². The molecule has 0 saturated carbocycles. The van der Waals surface area contributed by atoms with Gasteiger partial charge in [0, 0.05) is 18.8 Å². The molecular weight excluding hydrogens is 299 g/mol. The van der Waals surface area contributed by atoms with Crippen molar-refractivity contribution in [3.05, 3.63) is 34.5 Å². The van der Waals surface area contributed by atoms with Gasteiger partial charge in [0.15, 0.2) is 5.69 Å². The largest absolute Gasteiger partial charge is 0.434 e. The molecule has 0 aliphatic rings. The molecule has 2 aromatic heterocycles. The van der Waals surface area contributed by atoms with Gasteiger partial charge in [0.05, 0.1) is 10.6 Å². The molecule has 2 aromatic rings. The third kappa shape index (κ3) is 4.01. The number of hydrogen-bond donors (Lipinski definition) is 1. The van der Waals surface area contributed by atoms with Crippen LogP contribution in [0.25, 0.3) is 10.7 Å². The summed E-state index contributed by atoms with van der Waals surface area (Å²) in [5.41, 5.74) is 0.589. The van der Waals surface area contributed by atoms with Crippen molar-refractivity contribution in [2.75, 3.05) is 0 Å². The molecule has 21 heavy (non-hydrogen) atoms. The molecule has 114 valence electrons. The highest BCUT2D eigenvalue weighted by atomic mass is 32.1. The molecule has 0 spiro atoms. The third-order valence-corrected chi connectivity index (χ3v) is 3.85. The summed E-state index contributed by atoms with van der Waals surface area (Å²) in [4.78, 5) is 8.05. The van der Waals surface area contributed by atoms with Crippen molar-refractivity contribution in [1.29, 1.82) is 0 Å². The topological polar surface area (TPSA) is 37.8 Å². The smallest absolute Gasteiger partial charge is 0.310 e. The summed E-state index contributed by atoms with van der Waals surface area (Å²) < 4.78 is 39.2. The van der Waals surface area contributed by atoms with E-state index in [1.54, 1.807) is 18.3 Å². The van der Waals surface area contributed by atoms with Crippen LogP contribution in [0.3, 0.4) is 0 Å². The average molecular weight is 315 g/mol. The van der Waals surface area contributed by atoms with Crippen molar-refractivity contribution >= 4 is 11.3 Å². The van der Waals surface area contributed by atoms with E-state index in [1.165, 1.54) is 0 Å². The molecule has 0 fully saturated rings. The van der Waals surface area contributed by atoms with Crippen LogP contribution in [0.5, 0.6) is 0 Å². The second-order valence-electron chi connectivity index (χ2n) is 5.04. The highest BCUT2D eigenvalue weighted by Crippen LogP contribution is 2.37. The van der Waals surface area contributed by atoms with Gasteiger partial charge in [0.1, 0.15) is 5.01 Å². The molecule has 0 saturated heterocycles. The van der Waals surface area contributed by atoms with Crippen molar-refractivity contribution in [2.45, 2.75) is 39.5 Å². The molecule has 2 heterocycles. The Morgan fingerprint density at radius 2 is 2.05 bits per heavy atom. The normalized spacial score (nSPS) is 12.1. The second-order valence-corrected chi connectivity index (χ2v) is 6.13. The number of alkyl halides is 3. The SMILES string of the molecule is Cc1ccnc(-c2nc(C(F)(F)F)c(CNC(C)C)s2)c1. The standard InChI is InChI=1S/C14H16F3N3S/c1-8(2)19-7-11-12(14(15,16)17)20-13(21-11)10-6-9(3)4-5-18-10/h4-6,8,19H,7H2,1-3H3. The number of nitrogens with zero attached hydrogens (tertiary/aromatic N) is 2. The Bertz CT molecular complexity index is 620. The minimum Gasteiger partial charge on any atom is -0.310 e. The number of aryl methyl sites for hydroxylation is 1. The summed E-state index contributed by atoms with van der Waals surface area (Å²) >= 11 is 1.03. The van der Waals surface area contributed by atoms with Crippen molar-refractivity contribution in [1.82, 2.24) is 15.3 Å². The summed E-state index contributed by atoms with van der Waals surface area (Å²) in [7, 11) is 0. The second kappa shape index (κ2) is 6.11. The molecule has 0 aliphatic heterocycles. The van der Waals surface area contributed by atoms with Gasteiger partial charge in [-0.25, -0.2) is 4.98 Å². The molecule has 0 bridgehead atoms. The zero-order chi connectivity index (χ0) is 15.6. The van der Waals surface area contributed by atoms with Gasteiger partial charge in [-0.2, -0.15) is 13.2 Å². The maximum atomic E-state index is 13.1. The van der Waals surface area contributed by atoms with E-state index in [4.69, 9.17) is 0 Å². The maximum Gasteiger partial charge on any atom is 0.434 e. The minimum absolute atomic E-state index is 0.105. The Balaban J connectivity index is 2.40. The molecular formula is C14H16F3N3S. The van der Waals surface area contributed by atoms with E-state index in [1.807, 2.05) is 20.8 Å². The first-order valence-electron chi connectivity index (χ1n) is 6.50. The zero-order valence-corrected chi connectivity index (χ0v) is 12.8. The lowest BCUT2D eigenvalue weighted by Crippen LogP contribution is -2.23. The van der Waals surface area contributed by atoms with Gasteiger partial charge in [-0.1, -0.05) is 13.8 Å². The van der Waals surface area contributed by atoms with Crippen LogP contribution >= 0.6 is 11.3 Å². The van der Waals surface area contributed by atoms with Crippen molar-refractivity contribution < 1.29 is 13.2 Å². The van der Waals surface area contributed by atoms with Crippen LogP contribution in [-0.4, -0.2) is 16.0 Å². The summed E-state index contributed by atoms with van der Waals surface area (Å²) in [5, 5.41) is 3.30. The van der Waals surface area contributed by atoms with Gasteiger partial charge in [-0.3, -0.25) is 4.98 Å². The van der Waals surface area contributed by atoms with Gasteiger partial charge in [0.2, 0.25) is 0 Å². The lowest BCUT2D eigenvalue weighted by molar-refractivity contribution is -0.141. The quantitative estimate of drug-likeness (QED) is 0.925. The minimum atomic E-state index is -4.45. The summed E-state index contributed by atoms with van der Waals surface area (Å²) in [6.45, 7) is 5.79. The fraction of sp³-hybridized carbons (Fsp3) is 0.429. The van der Waals surface area contributed by atoms with E-state index in [0.29, 0.717) is 10.7 Å².